The summed E-state index contributed by atoms with van der Waals surface area (Å²) in [6, 6.07) is 15.1. The number of carbonyl (C=O) groups is 2. The molecule has 0 atom stereocenters. The molecule has 27 heavy (non-hydrogen) atoms. The molecule has 3 aromatic rings. The van der Waals surface area contributed by atoms with Gasteiger partial charge in [-0.25, -0.2) is 0 Å². The topological polar surface area (TPSA) is 71.1 Å². The predicted molar refractivity (Wildman–Crippen MR) is 109 cm³/mol. The maximum atomic E-state index is 12.8. The van der Waals surface area contributed by atoms with Crippen LogP contribution in [0.4, 0.5) is 11.4 Å². The first kappa shape index (κ1) is 18.6. The number of benzene rings is 2. The number of pyridine rings is 1. The number of fused-ring (bicyclic) bond motifs is 1. The monoisotopic (exact) mass is 361 g/mol. The number of nitrogens with one attached hydrogen (secondary N) is 2. The Morgan fingerprint density at radius 3 is 2.22 bits per heavy atom. The number of rotatable bonds is 4. The van der Waals surface area contributed by atoms with Gasteiger partial charge in [0.1, 0.15) is 5.41 Å². The molecule has 1 aromatic heterocycles. The van der Waals surface area contributed by atoms with Crippen LogP contribution >= 0.6 is 0 Å². The van der Waals surface area contributed by atoms with E-state index in [0.717, 1.165) is 16.5 Å². The lowest BCUT2D eigenvalue weighted by Gasteiger charge is -2.23. The summed E-state index contributed by atoms with van der Waals surface area (Å²) in [5.74, 6) is -0.749. The van der Waals surface area contributed by atoms with E-state index in [-0.39, 0.29) is 11.8 Å². The van der Waals surface area contributed by atoms with Crippen LogP contribution in [-0.4, -0.2) is 16.8 Å². The maximum Gasteiger partial charge on any atom is 0.239 e. The highest BCUT2D eigenvalue weighted by Gasteiger charge is 2.36. The zero-order chi connectivity index (χ0) is 19.6. The SMILES string of the molecule is Cc1cc(C)cc(NC(=O)C(C)(C)C(=O)Nc2cccc3cccnc23)c1. The molecule has 0 aliphatic rings. The number of nitrogens with zero attached hydrogens (tertiary/aromatic N) is 1. The quantitative estimate of drug-likeness (QED) is 0.674. The fraction of sp³-hybridized carbons (Fsp3) is 0.227. The molecule has 0 saturated heterocycles. The normalized spacial score (nSPS) is 11.3. The minimum Gasteiger partial charge on any atom is -0.325 e. The van der Waals surface area contributed by atoms with Crippen molar-refractivity contribution in [1.29, 1.82) is 0 Å². The van der Waals surface area contributed by atoms with Gasteiger partial charge >= 0.3 is 0 Å². The Morgan fingerprint density at radius 2 is 1.52 bits per heavy atom. The zero-order valence-corrected chi connectivity index (χ0v) is 16.0. The molecule has 0 fully saturated rings. The van der Waals surface area contributed by atoms with Crippen molar-refractivity contribution in [2.75, 3.05) is 10.6 Å². The number of amides is 2. The first-order chi connectivity index (χ1) is 12.8. The number of anilines is 2. The predicted octanol–water partition coefficient (Wildman–Crippen LogP) is 4.46. The lowest BCUT2D eigenvalue weighted by molar-refractivity contribution is -0.135. The Kier molecular flexibility index (Phi) is 4.95. The van der Waals surface area contributed by atoms with Gasteiger partial charge in [-0.1, -0.05) is 24.3 Å². The average Bonchev–Trinajstić information content (AvgIpc) is 2.61. The molecule has 0 aliphatic carbocycles. The summed E-state index contributed by atoms with van der Waals surface area (Å²) in [6.07, 6.45) is 1.68. The van der Waals surface area contributed by atoms with Crippen molar-refractivity contribution in [3.05, 3.63) is 65.9 Å². The van der Waals surface area contributed by atoms with E-state index >= 15 is 0 Å². The zero-order valence-electron chi connectivity index (χ0n) is 16.0. The smallest absolute Gasteiger partial charge is 0.239 e. The fourth-order valence-corrected chi connectivity index (χ4v) is 2.92. The minimum absolute atomic E-state index is 0.363. The van der Waals surface area contributed by atoms with Crippen molar-refractivity contribution in [3.63, 3.8) is 0 Å². The van der Waals surface area contributed by atoms with E-state index in [0.29, 0.717) is 16.9 Å². The second kappa shape index (κ2) is 7.19. The third-order valence-corrected chi connectivity index (χ3v) is 4.50. The summed E-state index contributed by atoms with van der Waals surface area (Å²) in [6.45, 7) is 7.15. The minimum atomic E-state index is -1.26. The Morgan fingerprint density at radius 1 is 0.889 bits per heavy atom. The number of hydrogen-bond donors (Lipinski definition) is 2. The molecule has 1 heterocycles. The van der Waals surface area contributed by atoms with Crippen LogP contribution in [0.2, 0.25) is 0 Å². The first-order valence-electron chi connectivity index (χ1n) is 8.82. The van der Waals surface area contributed by atoms with E-state index in [1.807, 2.05) is 56.3 Å². The Bertz CT molecular complexity index is 999. The van der Waals surface area contributed by atoms with Gasteiger partial charge in [0, 0.05) is 17.3 Å². The number of para-hydroxylation sites is 1. The summed E-state index contributed by atoms with van der Waals surface area (Å²) in [7, 11) is 0. The second-order valence-corrected chi connectivity index (χ2v) is 7.29. The first-order valence-corrected chi connectivity index (χ1v) is 8.82. The van der Waals surface area contributed by atoms with Crippen molar-refractivity contribution in [2.45, 2.75) is 27.7 Å². The van der Waals surface area contributed by atoms with Crippen molar-refractivity contribution >= 4 is 34.1 Å². The van der Waals surface area contributed by atoms with Gasteiger partial charge in [-0.2, -0.15) is 0 Å². The van der Waals surface area contributed by atoms with Crippen molar-refractivity contribution in [1.82, 2.24) is 4.98 Å². The molecule has 5 nitrogen and oxygen atoms in total. The number of aromatic nitrogens is 1. The van der Waals surface area contributed by atoms with Crippen LogP contribution in [0.25, 0.3) is 10.9 Å². The van der Waals surface area contributed by atoms with E-state index in [1.165, 1.54) is 0 Å². The number of carbonyl (C=O) groups excluding carboxylic acids is 2. The van der Waals surface area contributed by atoms with Gasteiger partial charge in [0.25, 0.3) is 0 Å². The molecule has 3 rings (SSSR count). The third-order valence-electron chi connectivity index (χ3n) is 4.50. The van der Waals surface area contributed by atoms with Gasteiger partial charge < -0.3 is 10.6 Å². The molecule has 2 aromatic carbocycles. The van der Waals surface area contributed by atoms with Crippen LogP contribution in [0.5, 0.6) is 0 Å². The van der Waals surface area contributed by atoms with E-state index < -0.39 is 5.41 Å². The van der Waals surface area contributed by atoms with Crippen LogP contribution in [0.1, 0.15) is 25.0 Å². The lowest BCUT2D eigenvalue weighted by atomic mass is 9.90. The van der Waals surface area contributed by atoms with Crippen LogP contribution < -0.4 is 10.6 Å². The number of hydrogen-bond acceptors (Lipinski definition) is 3. The molecule has 5 heteroatoms. The Hall–Kier alpha value is -3.21. The van der Waals surface area contributed by atoms with Crippen molar-refractivity contribution in [2.24, 2.45) is 5.41 Å². The summed E-state index contributed by atoms with van der Waals surface area (Å²) < 4.78 is 0. The van der Waals surface area contributed by atoms with Gasteiger partial charge in [0.05, 0.1) is 11.2 Å². The standard InChI is InChI=1S/C22H23N3O2/c1-14-11-15(2)13-17(12-14)24-20(26)22(3,4)21(27)25-18-9-5-7-16-8-6-10-23-19(16)18/h5-13H,1-4H3,(H,24,26)(H,25,27). The summed E-state index contributed by atoms with van der Waals surface area (Å²) in [5, 5.41) is 6.63. The lowest BCUT2D eigenvalue weighted by Crippen LogP contribution is -2.41. The molecular formula is C22H23N3O2. The largest absolute Gasteiger partial charge is 0.325 e. The van der Waals surface area contributed by atoms with Crippen molar-refractivity contribution < 1.29 is 9.59 Å². The van der Waals surface area contributed by atoms with E-state index in [9.17, 15) is 9.59 Å². The summed E-state index contributed by atoms with van der Waals surface area (Å²) in [5.41, 5.74) is 2.81. The average molecular weight is 361 g/mol. The van der Waals surface area contributed by atoms with Crippen LogP contribution in [0, 0.1) is 19.3 Å². The molecule has 2 N–H and O–H groups in total. The fourth-order valence-electron chi connectivity index (χ4n) is 2.92. The second-order valence-electron chi connectivity index (χ2n) is 7.29. The number of aryl methyl sites for hydroxylation is 2. The van der Waals surface area contributed by atoms with Gasteiger partial charge in [-0.05, 0) is 63.1 Å². The van der Waals surface area contributed by atoms with E-state index in [4.69, 9.17) is 0 Å². The highest BCUT2D eigenvalue weighted by molar-refractivity contribution is 6.15. The molecule has 0 unspecified atom stereocenters. The van der Waals surface area contributed by atoms with Gasteiger partial charge in [-0.15, -0.1) is 0 Å². The van der Waals surface area contributed by atoms with Crippen molar-refractivity contribution in [3.8, 4) is 0 Å². The van der Waals surface area contributed by atoms with Crippen LogP contribution in [0.3, 0.4) is 0 Å². The highest BCUT2D eigenvalue weighted by Crippen LogP contribution is 2.25. The Balaban J connectivity index is 1.80. The third kappa shape index (κ3) is 3.97. The molecule has 0 spiro atoms. The summed E-state index contributed by atoms with van der Waals surface area (Å²) in [4.78, 5) is 29.9. The molecule has 0 bridgehead atoms. The van der Waals surface area contributed by atoms with Gasteiger partial charge in [0.15, 0.2) is 0 Å². The maximum absolute atomic E-state index is 12.8. The summed E-state index contributed by atoms with van der Waals surface area (Å²) >= 11 is 0. The molecular weight excluding hydrogens is 338 g/mol. The molecule has 0 saturated carbocycles. The van der Waals surface area contributed by atoms with Gasteiger partial charge in [0.2, 0.25) is 11.8 Å². The highest BCUT2D eigenvalue weighted by atomic mass is 16.2. The molecule has 0 radical (unpaired) electrons. The Labute approximate surface area is 158 Å². The van der Waals surface area contributed by atoms with E-state index in [1.54, 1.807) is 26.1 Å². The molecule has 2 amide bonds. The molecule has 0 aliphatic heterocycles. The molecule has 138 valence electrons. The van der Waals surface area contributed by atoms with Gasteiger partial charge in [-0.3, -0.25) is 14.6 Å². The van der Waals surface area contributed by atoms with Crippen LogP contribution in [-0.2, 0) is 9.59 Å². The van der Waals surface area contributed by atoms with E-state index in [2.05, 4.69) is 15.6 Å². The van der Waals surface area contributed by atoms with Crippen LogP contribution in [0.15, 0.2) is 54.7 Å².